The van der Waals surface area contributed by atoms with Crippen LogP contribution in [-0.4, -0.2) is 21.1 Å². The Balaban J connectivity index is 2.11. The van der Waals surface area contributed by atoms with Crippen molar-refractivity contribution in [1.82, 2.24) is 9.97 Å². The molecule has 1 aromatic heterocycles. The second-order valence-corrected chi connectivity index (χ2v) is 5.36. The number of nitrogens with one attached hydrogen (secondary N) is 1. The maximum absolute atomic E-state index is 6.00. The van der Waals surface area contributed by atoms with Crippen LogP contribution in [0.15, 0.2) is 42.7 Å². The largest absolute Gasteiger partial charge is 0.344 e. The fraction of sp³-hybridized carbons (Fsp3) is 0.250. The number of H-pyrrole nitrogens is 1. The van der Waals surface area contributed by atoms with Crippen LogP contribution in [0.25, 0.3) is 0 Å². The van der Waals surface area contributed by atoms with Crippen molar-refractivity contribution in [2.24, 2.45) is 0 Å². The molecule has 1 N–H and O–H groups in total. The van der Waals surface area contributed by atoms with E-state index in [4.69, 9.17) is 32.7 Å². The highest BCUT2D eigenvalue weighted by Crippen LogP contribution is 2.46. The van der Waals surface area contributed by atoms with Crippen LogP contribution in [0.5, 0.6) is 0 Å². The van der Waals surface area contributed by atoms with E-state index in [1.54, 1.807) is 12.4 Å². The lowest BCUT2D eigenvalue weighted by atomic mass is 10.1. The van der Waals surface area contributed by atoms with Gasteiger partial charge in [-0.15, -0.1) is 0 Å². The molecule has 1 unspecified atom stereocenters. The Morgan fingerprint density at radius 3 is 2.56 bits per heavy atom. The smallest absolute Gasteiger partial charge is 0.258 e. The molecule has 0 saturated carbocycles. The molecule has 0 aliphatic carbocycles. The van der Waals surface area contributed by atoms with Crippen molar-refractivity contribution in [3.8, 4) is 0 Å². The summed E-state index contributed by atoms with van der Waals surface area (Å²) in [6.07, 6.45) is 3.31. The van der Waals surface area contributed by atoms with Gasteiger partial charge in [-0.3, -0.25) is 0 Å². The molecule has 1 fully saturated rings. The maximum atomic E-state index is 6.00. The summed E-state index contributed by atoms with van der Waals surface area (Å²) in [6, 6.07) is 9.42. The highest BCUT2D eigenvalue weighted by molar-refractivity contribution is 6.47. The third-order valence-corrected chi connectivity index (χ3v) is 3.07. The zero-order chi connectivity index (χ0) is 12.6. The zero-order valence-electron chi connectivity index (χ0n) is 9.27. The molecule has 6 heteroatoms. The van der Waals surface area contributed by atoms with Crippen LogP contribution in [-0.2, 0) is 15.3 Å². The van der Waals surface area contributed by atoms with E-state index in [0.29, 0.717) is 5.82 Å². The van der Waals surface area contributed by atoms with Gasteiger partial charge in [-0.05, 0) is 0 Å². The summed E-state index contributed by atoms with van der Waals surface area (Å²) in [5.74, 6) is -0.675. The van der Waals surface area contributed by atoms with E-state index in [0.717, 1.165) is 5.56 Å². The summed E-state index contributed by atoms with van der Waals surface area (Å²) in [5.41, 5.74) is 0.781. The highest BCUT2D eigenvalue weighted by Gasteiger charge is 2.53. The van der Waals surface area contributed by atoms with Gasteiger partial charge < -0.3 is 14.5 Å². The van der Waals surface area contributed by atoms with Crippen molar-refractivity contribution in [3.05, 3.63) is 54.1 Å². The molecule has 1 atom stereocenters. The third kappa shape index (κ3) is 1.91. The van der Waals surface area contributed by atoms with Gasteiger partial charge in [0.05, 0.1) is 0 Å². The van der Waals surface area contributed by atoms with E-state index in [2.05, 4.69) is 9.97 Å². The molecular weight excluding hydrogens is 275 g/mol. The van der Waals surface area contributed by atoms with E-state index in [1.807, 2.05) is 30.3 Å². The van der Waals surface area contributed by atoms with Gasteiger partial charge in [-0.1, -0.05) is 53.5 Å². The number of aromatic nitrogens is 2. The van der Waals surface area contributed by atoms with Gasteiger partial charge in [0.1, 0.15) is 6.61 Å². The van der Waals surface area contributed by atoms with Crippen LogP contribution in [0, 0.1) is 0 Å². The Bertz CT molecular complexity index is 530. The molecule has 0 bridgehead atoms. The van der Waals surface area contributed by atoms with E-state index < -0.39 is 10.3 Å². The molecule has 94 valence electrons. The van der Waals surface area contributed by atoms with Gasteiger partial charge in [-0.25, -0.2) is 4.98 Å². The summed E-state index contributed by atoms with van der Waals surface area (Å²) >= 11 is 12.0. The first-order valence-corrected chi connectivity index (χ1v) is 6.15. The highest BCUT2D eigenvalue weighted by atomic mass is 35.5. The quantitative estimate of drug-likeness (QED) is 0.863. The predicted molar refractivity (Wildman–Crippen MR) is 67.3 cm³/mol. The summed E-state index contributed by atoms with van der Waals surface area (Å²) in [5, 5.41) is 0. The van der Waals surface area contributed by atoms with Crippen molar-refractivity contribution in [3.63, 3.8) is 0 Å². The lowest BCUT2D eigenvalue weighted by Gasteiger charge is -2.26. The second-order valence-electron chi connectivity index (χ2n) is 3.95. The average molecular weight is 285 g/mol. The molecule has 1 aliphatic heterocycles. The monoisotopic (exact) mass is 284 g/mol. The molecule has 0 amide bonds. The first-order valence-electron chi connectivity index (χ1n) is 5.40. The first kappa shape index (κ1) is 12.0. The summed E-state index contributed by atoms with van der Waals surface area (Å²) in [6.45, 7) is 0.0612. The fourth-order valence-corrected chi connectivity index (χ4v) is 2.28. The lowest BCUT2D eigenvalue weighted by molar-refractivity contribution is -0.144. The van der Waals surface area contributed by atoms with Gasteiger partial charge in [0.15, 0.2) is 5.82 Å². The zero-order valence-corrected chi connectivity index (χ0v) is 10.8. The Morgan fingerprint density at radius 2 is 2.00 bits per heavy atom. The Labute approximate surface area is 114 Å². The molecule has 1 aromatic carbocycles. The number of benzene rings is 1. The van der Waals surface area contributed by atoms with Crippen LogP contribution < -0.4 is 0 Å². The number of aromatic amines is 1. The van der Waals surface area contributed by atoms with Crippen molar-refractivity contribution in [1.29, 1.82) is 0 Å². The summed E-state index contributed by atoms with van der Waals surface area (Å²) in [4.78, 5) is 7.17. The van der Waals surface area contributed by atoms with Gasteiger partial charge in [0, 0.05) is 18.0 Å². The van der Waals surface area contributed by atoms with Gasteiger partial charge in [0.25, 0.3) is 5.79 Å². The fourth-order valence-electron chi connectivity index (χ4n) is 1.95. The van der Waals surface area contributed by atoms with Crippen molar-refractivity contribution in [2.75, 3.05) is 6.61 Å². The first-order chi connectivity index (χ1) is 8.62. The van der Waals surface area contributed by atoms with Crippen molar-refractivity contribution in [2.45, 2.75) is 10.3 Å². The molecule has 0 spiro atoms. The SMILES string of the molecule is ClC1(Cl)COC(c2ccccc2)(c2ncc[nH]2)O1. The summed E-state index contributed by atoms with van der Waals surface area (Å²) < 4.78 is 10.0. The number of hydrogen-bond donors (Lipinski definition) is 1. The van der Waals surface area contributed by atoms with Crippen LogP contribution in [0.3, 0.4) is 0 Å². The Morgan fingerprint density at radius 1 is 1.22 bits per heavy atom. The van der Waals surface area contributed by atoms with E-state index in [-0.39, 0.29) is 6.61 Å². The van der Waals surface area contributed by atoms with Gasteiger partial charge >= 0.3 is 0 Å². The van der Waals surface area contributed by atoms with Gasteiger partial charge in [-0.2, -0.15) is 0 Å². The number of hydrogen-bond acceptors (Lipinski definition) is 3. The normalized spacial score (nSPS) is 26.3. The summed E-state index contributed by atoms with van der Waals surface area (Å²) in [7, 11) is 0. The van der Waals surface area contributed by atoms with Crippen molar-refractivity contribution < 1.29 is 9.47 Å². The second kappa shape index (κ2) is 4.24. The Kier molecular flexibility index (Phi) is 2.83. The minimum atomic E-state index is -1.39. The lowest BCUT2D eigenvalue weighted by Crippen LogP contribution is -2.32. The van der Waals surface area contributed by atoms with Crippen LogP contribution in [0.2, 0.25) is 0 Å². The molecule has 3 rings (SSSR count). The standard InChI is InChI=1S/C12H10Cl2N2O2/c13-11(14)8-17-12(18-11,10-15-6-7-16-10)9-4-2-1-3-5-9/h1-7H,8H2,(H,15,16). The molecule has 2 heterocycles. The molecule has 18 heavy (non-hydrogen) atoms. The molecule has 2 aromatic rings. The van der Waals surface area contributed by atoms with Crippen molar-refractivity contribution >= 4 is 23.2 Å². The maximum Gasteiger partial charge on any atom is 0.258 e. The number of halogens is 2. The number of rotatable bonds is 2. The molecular formula is C12H10Cl2N2O2. The predicted octanol–water partition coefficient (Wildman–Crippen LogP) is 2.79. The molecule has 1 saturated heterocycles. The average Bonchev–Trinajstić information content (AvgIpc) is 2.98. The minimum absolute atomic E-state index is 0.0612. The van der Waals surface area contributed by atoms with Gasteiger partial charge in [0.2, 0.25) is 4.52 Å². The van der Waals surface area contributed by atoms with E-state index >= 15 is 0 Å². The van der Waals surface area contributed by atoms with Crippen LogP contribution in [0.4, 0.5) is 0 Å². The van der Waals surface area contributed by atoms with Crippen LogP contribution in [0.1, 0.15) is 11.4 Å². The molecule has 4 nitrogen and oxygen atoms in total. The van der Waals surface area contributed by atoms with E-state index in [1.165, 1.54) is 0 Å². The minimum Gasteiger partial charge on any atom is -0.344 e. The Hall–Kier alpha value is -1.07. The topological polar surface area (TPSA) is 47.1 Å². The number of alkyl halides is 2. The number of nitrogens with zero attached hydrogens (tertiary/aromatic N) is 1. The number of imidazole rings is 1. The third-order valence-electron chi connectivity index (χ3n) is 2.70. The van der Waals surface area contributed by atoms with E-state index in [9.17, 15) is 0 Å². The van der Waals surface area contributed by atoms with Crippen LogP contribution >= 0.6 is 23.2 Å². The molecule has 0 radical (unpaired) electrons. The number of ether oxygens (including phenoxy) is 2. The molecule has 1 aliphatic rings.